The minimum atomic E-state index is -1.01. The van der Waals surface area contributed by atoms with Crippen LogP contribution in [0.3, 0.4) is 0 Å². The van der Waals surface area contributed by atoms with Gasteiger partial charge in [0, 0.05) is 18.3 Å². The third-order valence-corrected chi connectivity index (χ3v) is 3.98. The minimum absolute atomic E-state index is 0.225. The number of hydrazine groups is 1. The van der Waals surface area contributed by atoms with E-state index in [0.717, 1.165) is 17.7 Å². The van der Waals surface area contributed by atoms with Crippen molar-refractivity contribution in [3.05, 3.63) is 39.9 Å². The number of benzene rings is 1. The van der Waals surface area contributed by atoms with Crippen LogP contribution in [0.5, 0.6) is 0 Å². The number of carbonyl (C=O) groups is 1. The van der Waals surface area contributed by atoms with Crippen LogP contribution in [-0.2, 0) is 16.0 Å². The summed E-state index contributed by atoms with van der Waals surface area (Å²) in [6.45, 7) is 6.17. The number of guanidine groups is 1. The van der Waals surface area contributed by atoms with E-state index in [1.54, 1.807) is 26.2 Å². The Morgan fingerprint density at radius 3 is 2.57 bits per heavy atom. The number of ether oxygens (including phenoxy) is 1. The number of para-hydroxylation sites is 1. The van der Waals surface area contributed by atoms with Gasteiger partial charge in [-0.2, -0.15) is 0 Å². The molecule has 11 heteroatoms. The Morgan fingerprint density at radius 1 is 1.30 bits per heavy atom. The van der Waals surface area contributed by atoms with E-state index >= 15 is 0 Å². The summed E-state index contributed by atoms with van der Waals surface area (Å²) in [5, 5.41) is 13.0. The van der Waals surface area contributed by atoms with Gasteiger partial charge < -0.3 is 27.3 Å². The highest BCUT2D eigenvalue weighted by molar-refractivity contribution is 5.83. The van der Waals surface area contributed by atoms with Gasteiger partial charge in [0.15, 0.2) is 11.1 Å². The van der Waals surface area contributed by atoms with Gasteiger partial charge in [0.25, 0.3) is 5.96 Å². The van der Waals surface area contributed by atoms with Gasteiger partial charge in [-0.05, 0) is 58.2 Å². The minimum Gasteiger partial charge on any atom is -0.458 e. The number of nitrogens with zero attached hydrogens (tertiary/aromatic N) is 2. The van der Waals surface area contributed by atoms with E-state index in [1.807, 2.05) is 24.3 Å². The molecule has 0 heterocycles. The zero-order chi connectivity index (χ0) is 22.7. The van der Waals surface area contributed by atoms with Gasteiger partial charge in [0.1, 0.15) is 5.60 Å². The Kier molecular flexibility index (Phi) is 9.99. The Balaban J connectivity index is 2.72. The third-order valence-electron chi connectivity index (χ3n) is 3.98. The Labute approximate surface area is 176 Å². The first kappa shape index (κ1) is 25.1. The van der Waals surface area contributed by atoms with E-state index in [1.165, 1.54) is 0 Å². The van der Waals surface area contributed by atoms with Gasteiger partial charge in [0.2, 0.25) is 0 Å². The van der Waals surface area contributed by atoms with Crippen LogP contribution in [-0.4, -0.2) is 47.7 Å². The maximum Gasteiger partial charge on any atom is 0.331 e. The predicted molar refractivity (Wildman–Crippen MR) is 116 cm³/mol. The number of aliphatic imine (C=N–C) groups is 1. The average molecular weight is 424 g/mol. The number of carbonyl (C=O) groups excluding carboxylic acids is 1. The molecule has 0 amide bonds. The van der Waals surface area contributed by atoms with Gasteiger partial charge in [-0.25, -0.2) is 19.9 Å². The quantitative estimate of drug-likeness (QED) is 0.111. The number of hydrogen-bond acceptors (Lipinski definition) is 8. The van der Waals surface area contributed by atoms with Crippen molar-refractivity contribution in [1.82, 2.24) is 5.43 Å². The number of nitrogens with one attached hydrogen (secondary N) is 2. The number of hydrogen-bond donors (Lipinski definition) is 5. The van der Waals surface area contributed by atoms with Crippen molar-refractivity contribution in [3.63, 3.8) is 0 Å². The molecule has 11 nitrogen and oxygen atoms in total. The van der Waals surface area contributed by atoms with Gasteiger partial charge in [0.05, 0.1) is 0 Å². The molecule has 0 bridgehead atoms. The third kappa shape index (κ3) is 10.0. The smallest absolute Gasteiger partial charge is 0.331 e. The normalized spacial score (nSPS) is 14.0. The van der Waals surface area contributed by atoms with E-state index in [4.69, 9.17) is 21.9 Å². The fourth-order valence-corrected chi connectivity index (χ4v) is 2.68. The number of esters is 1. The molecule has 1 aromatic carbocycles. The van der Waals surface area contributed by atoms with Crippen molar-refractivity contribution < 1.29 is 14.6 Å². The molecule has 0 saturated heterocycles. The largest absolute Gasteiger partial charge is 0.458 e. The molecule has 0 radical (unpaired) electrons. The van der Waals surface area contributed by atoms with E-state index in [2.05, 4.69) is 10.3 Å². The summed E-state index contributed by atoms with van der Waals surface area (Å²) in [6, 6.07) is 6.52. The van der Waals surface area contributed by atoms with E-state index in [-0.39, 0.29) is 12.5 Å². The molecule has 1 unspecified atom stereocenters. The van der Waals surface area contributed by atoms with E-state index in [9.17, 15) is 14.9 Å². The van der Waals surface area contributed by atoms with Crippen molar-refractivity contribution in [1.29, 1.82) is 0 Å². The molecule has 0 fully saturated rings. The monoisotopic (exact) mass is 423 g/mol. The lowest BCUT2D eigenvalue weighted by Crippen LogP contribution is -2.40. The molecule has 0 saturated carbocycles. The summed E-state index contributed by atoms with van der Waals surface area (Å²) in [6.07, 6.45) is 1.39. The fraction of sp³-hybridized carbons (Fsp3) is 0.579. The zero-order valence-electron chi connectivity index (χ0n) is 17.8. The molecule has 0 spiro atoms. The Bertz CT molecular complexity index is 734. The average Bonchev–Trinajstić information content (AvgIpc) is 2.62. The molecule has 0 aromatic heterocycles. The second-order valence-corrected chi connectivity index (χ2v) is 7.85. The first-order chi connectivity index (χ1) is 14.0. The standard InChI is InChI=1S/C19H33N7O4/c1-19(2,3)30-17(27)16(24-18(22)25-26(28)29)9-8-14(21)12-23-15-7-5-4-6-13(15)10-11-20/h4-7,14,16,23H,8-12,20-21H2,1-3H3,(H3,22,24,25)/t14-,16?/m0/s1. The first-order valence-electron chi connectivity index (χ1n) is 9.76. The van der Waals surface area contributed by atoms with Crippen molar-refractivity contribution in [2.45, 2.75) is 57.7 Å². The summed E-state index contributed by atoms with van der Waals surface area (Å²) >= 11 is 0. The highest BCUT2D eigenvalue weighted by Gasteiger charge is 2.26. The van der Waals surface area contributed by atoms with Crippen molar-refractivity contribution in [3.8, 4) is 0 Å². The molecule has 168 valence electrons. The number of anilines is 1. The van der Waals surface area contributed by atoms with Crippen LogP contribution in [0.25, 0.3) is 0 Å². The van der Waals surface area contributed by atoms with E-state index in [0.29, 0.717) is 19.5 Å². The Hall–Kier alpha value is -2.92. The van der Waals surface area contributed by atoms with Crippen LogP contribution in [0.15, 0.2) is 29.3 Å². The number of nitro groups is 1. The van der Waals surface area contributed by atoms with Crippen LogP contribution in [0, 0.1) is 10.1 Å². The highest BCUT2D eigenvalue weighted by Crippen LogP contribution is 2.16. The molecule has 1 aromatic rings. The predicted octanol–water partition coefficient (Wildman–Crippen LogP) is 0.514. The lowest BCUT2D eigenvalue weighted by Gasteiger charge is -2.23. The summed E-state index contributed by atoms with van der Waals surface area (Å²) in [4.78, 5) is 26.9. The lowest BCUT2D eigenvalue weighted by molar-refractivity contribution is -0.525. The molecule has 0 aliphatic rings. The summed E-state index contributed by atoms with van der Waals surface area (Å²) in [5.74, 6) is -1.10. The summed E-state index contributed by atoms with van der Waals surface area (Å²) in [5.41, 5.74) is 20.4. The molecular weight excluding hydrogens is 390 g/mol. The molecule has 0 aliphatic carbocycles. The van der Waals surface area contributed by atoms with Gasteiger partial charge in [-0.15, -0.1) is 0 Å². The molecule has 1 rings (SSSR count). The second-order valence-electron chi connectivity index (χ2n) is 7.85. The fourth-order valence-electron chi connectivity index (χ4n) is 2.68. The van der Waals surface area contributed by atoms with Crippen molar-refractivity contribution in [2.75, 3.05) is 18.4 Å². The maximum atomic E-state index is 12.4. The van der Waals surface area contributed by atoms with Crippen LogP contribution in [0.1, 0.15) is 39.2 Å². The van der Waals surface area contributed by atoms with Crippen molar-refractivity contribution >= 4 is 17.6 Å². The molecular formula is C19H33N7O4. The molecule has 8 N–H and O–H groups in total. The topological polar surface area (TPSA) is 184 Å². The molecule has 0 aliphatic heterocycles. The summed E-state index contributed by atoms with van der Waals surface area (Å²) < 4.78 is 5.34. The Morgan fingerprint density at radius 2 is 1.97 bits per heavy atom. The zero-order valence-corrected chi connectivity index (χ0v) is 17.8. The van der Waals surface area contributed by atoms with Crippen molar-refractivity contribution in [2.24, 2.45) is 22.2 Å². The molecule has 2 atom stereocenters. The maximum absolute atomic E-state index is 12.4. The van der Waals surface area contributed by atoms with E-state index < -0.39 is 28.6 Å². The van der Waals surface area contributed by atoms with Gasteiger partial charge >= 0.3 is 5.97 Å². The highest BCUT2D eigenvalue weighted by atomic mass is 16.7. The second kappa shape index (κ2) is 11.9. The number of rotatable bonds is 11. The van der Waals surface area contributed by atoms with Crippen LogP contribution in [0.4, 0.5) is 5.69 Å². The van der Waals surface area contributed by atoms with Crippen LogP contribution in [0.2, 0.25) is 0 Å². The van der Waals surface area contributed by atoms with Gasteiger partial charge in [-0.3, -0.25) is 0 Å². The SMILES string of the molecule is CC(C)(C)OC(=O)C(CC[C@H](N)CNc1ccccc1CCN)N=C(N)N[N+](=O)[O-]. The number of nitrogens with two attached hydrogens (primary N) is 3. The van der Waals surface area contributed by atoms with Crippen LogP contribution >= 0.6 is 0 Å². The summed E-state index contributed by atoms with van der Waals surface area (Å²) in [7, 11) is 0. The van der Waals surface area contributed by atoms with Gasteiger partial charge in [-0.1, -0.05) is 23.6 Å². The first-order valence-corrected chi connectivity index (χ1v) is 9.76. The van der Waals surface area contributed by atoms with Crippen LogP contribution < -0.4 is 27.9 Å². The lowest BCUT2D eigenvalue weighted by atomic mass is 10.1. The molecule has 30 heavy (non-hydrogen) atoms.